The van der Waals surface area contributed by atoms with Crippen LogP contribution in [-0.2, 0) is 18.3 Å². The average Bonchev–Trinajstić information content (AvgIpc) is 2.43. The van der Waals surface area contributed by atoms with Crippen LogP contribution in [0.25, 0.3) is 11.3 Å². The van der Waals surface area contributed by atoms with Gasteiger partial charge in [-0.25, -0.2) is 0 Å². The number of aliphatic carboxylic acids is 1. The lowest BCUT2D eigenvalue weighted by Crippen LogP contribution is -2.24. The van der Waals surface area contributed by atoms with Gasteiger partial charge in [-0.05, 0) is 29.8 Å². The van der Waals surface area contributed by atoms with Gasteiger partial charge in [-0.15, -0.1) is 0 Å². The van der Waals surface area contributed by atoms with Crippen molar-refractivity contribution < 1.29 is 14.6 Å². The Hall–Kier alpha value is -2.27. The molecule has 110 valence electrons. The van der Waals surface area contributed by atoms with Crippen LogP contribution in [0, 0.1) is 0 Å². The summed E-state index contributed by atoms with van der Waals surface area (Å²) >= 11 is 6.08. The smallest absolute Gasteiger partial charge is 0.308 e. The fraction of sp³-hybridized carbons (Fsp3) is 0.200. The minimum atomic E-state index is -1.03. The van der Waals surface area contributed by atoms with Crippen LogP contribution in [0.3, 0.4) is 0 Å². The molecule has 0 aliphatic carbocycles. The summed E-state index contributed by atoms with van der Waals surface area (Å²) in [5, 5.41) is 9.22. The normalized spacial score (nSPS) is 10.4. The highest BCUT2D eigenvalue weighted by Crippen LogP contribution is 2.29. The van der Waals surface area contributed by atoms with Gasteiger partial charge in [0.2, 0.25) is 0 Å². The van der Waals surface area contributed by atoms with Crippen LogP contribution in [0.2, 0.25) is 5.02 Å². The monoisotopic (exact) mass is 307 g/mol. The summed E-state index contributed by atoms with van der Waals surface area (Å²) in [6.07, 6.45) is -0.295. The number of ether oxygens (including phenoxy) is 1. The van der Waals surface area contributed by atoms with E-state index in [0.29, 0.717) is 16.5 Å². The first-order valence-electron chi connectivity index (χ1n) is 6.18. The molecule has 2 aromatic rings. The van der Waals surface area contributed by atoms with Gasteiger partial charge in [-0.2, -0.15) is 0 Å². The number of carboxylic acid groups (broad SMARTS) is 1. The number of methoxy groups -OCH3 is 1. The molecule has 0 fully saturated rings. The van der Waals surface area contributed by atoms with E-state index in [0.717, 1.165) is 5.56 Å². The third-order valence-electron chi connectivity index (χ3n) is 3.17. The molecule has 0 saturated heterocycles. The number of rotatable bonds is 4. The lowest BCUT2D eigenvalue weighted by Gasteiger charge is -2.11. The SMILES string of the molecule is COc1ccc(-c2ccc(CC(=O)O)c(=O)n2C)cc1Cl. The van der Waals surface area contributed by atoms with Gasteiger partial charge in [0.25, 0.3) is 5.56 Å². The highest BCUT2D eigenvalue weighted by atomic mass is 35.5. The van der Waals surface area contributed by atoms with E-state index in [4.69, 9.17) is 21.4 Å². The average molecular weight is 308 g/mol. The predicted octanol–water partition coefficient (Wildman–Crippen LogP) is 2.34. The molecule has 1 aromatic carbocycles. The van der Waals surface area contributed by atoms with Crippen LogP contribution in [-0.4, -0.2) is 22.8 Å². The van der Waals surface area contributed by atoms with E-state index in [2.05, 4.69) is 0 Å². The van der Waals surface area contributed by atoms with Gasteiger partial charge in [0.1, 0.15) is 5.75 Å². The maximum atomic E-state index is 12.1. The molecule has 1 aromatic heterocycles. The molecule has 5 nitrogen and oxygen atoms in total. The highest BCUT2D eigenvalue weighted by Gasteiger charge is 2.11. The number of aromatic nitrogens is 1. The molecule has 1 heterocycles. The van der Waals surface area contributed by atoms with Crippen LogP contribution in [0.15, 0.2) is 35.1 Å². The second-order valence-electron chi connectivity index (χ2n) is 4.53. The molecular formula is C15H14ClNO4. The van der Waals surface area contributed by atoms with Crippen LogP contribution in [0.5, 0.6) is 5.75 Å². The molecular weight excluding hydrogens is 294 g/mol. The van der Waals surface area contributed by atoms with Crippen molar-refractivity contribution in [2.45, 2.75) is 6.42 Å². The maximum absolute atomic E-state index is 12.1. The van der Waals surface area contributed by atoms with Gasteiger partial charge in [0.15, 0.2) is 0 Å². The molecule has 0 amide bonds. The Morgan fingerprint density at radius 2 is 2.05 bits per heavy atom. The molecule has 1 N–H and O–H groups in total. The number of carboxylic acids is 1. The zero-order chi connectivity index (χ0) is 15.6. The first kappa shape index (κ1) is 15.1. The zero-order valence-electron chi connectivity index (χ0n) is 11.6. The Morgan fingerprint density at radius 3 is 2.62 bits per heavy atom. The molecule has 0 spiro atoms. The quantitative estimate of drug-likeness (QED) is 0.941. The van der Waals surface area contributed by atoms with E-state index in [1.54, 1.807) is 31.3 Å². The van der Waals surface area contributed by atoms with Crippen LogP contribution >= 0.6 is 11.6 Å². The van der Waals surface area contributed by atoms with Crippen molar-refractivity contribution in [3.63, 3.8) is 0 Å². The molecule has 0 radical (unpaired) electrons. The molecule has 0 atom stereocenters. The minimum Gasteiger partial charge on any atom is -0.495 e. The Bertz CT molecular complexity index is 752. The van der Waals surface area contributed by atoms with Crippen molar-refractivity contribution in [2.24, 2.45) is 7.05 Å². The molecule has 0 saturated carbocycles. The lowest BCUT2D eigenvalue weighted by atomic mass is 10.1. The molecule has 2 rings (SSSR count). The summed E-state index contributed by atoms with van der Waals surface area (Å²) < 4.78 is 6.50. The first-order valence-corrected chi connectivity index (χ1v) is 6.56. The Labute approximate surface area is 126 Å². The number of hydrogen-bond acceptors (Lipinski definition) is 3. The number of hydrogen-bond donors (Lipinski definition) is 1. The Balaban J connectivity index is 2.50. The van der Waals surface area contributed by atoms with E-state index < -0.39 is 5.97 Å². The van der Waals surface area contributed by atoms with E-state index >= 15 is 0 Å². The predicted molar refractivity (Wildman–Crippen MR) is 80.0 cm³/mol. The van der Waals surface area contributed by atoms with Crippen molar-refractivity contribution in [3.8, 4) is 17.0 Å². The summed E-state index contributed by atoms with van der Waals surface area (Å²) in [5.74, 6) is -0.486. The third-order valence-corrected chi connectivity index (χ3v) is 3.47. The lowest BCUT2D eigenvalue weighted by molar-refractivity contribution is -0.136. The summed E-state index contributed by atoms with van der Waals surface area (Å²) in [7, 11) is 3.12. The van der Waals surface area contributed by atoms with Crippen molar-refractivity contribution in [1.82, 2.24) is 4.57 Å². The Kier molecular flexibility index (Phi) is 4.33. The van der Waals surface area contributed by atoms with Gasteiger partial charge < -0.3 is 14.4 Å². The third kappa shape index (κ3) is 3.08. The van der Waals surface area contributed by atoms with E-state index in [9.17, 15) is 9.59 Å². The second-order valence-corrected chi connectivity index (χ2v) is 4.94. The zero-order valence-corrected chi connectivity index (χ0v) is 12.3. The van der Waals surface area contributed by atoms with Crippen molar-refractivity contribution in [1.29, 1.82) is 0 Å². The summed E-state index contributed by atoms with van der Waals surface area (Å²) in [4.78, 5) is 22.9. The number of halogens is 1. The van der Waals surface area contributed by atoms with Gasteiger partial charge in [-0.3, -0.25) is 9.59 Å². The molecule has 0 aliphatic heterocycles. The van der Waals surface area contributed by atoms with Gasteiger partial charge in [0.05, 0.1) is 24.2 Å². The highest BCUT2D eigenvalue weighted by molar-refractivity contribution is 6.32. The number of nitrogens with zero attached hydrogens (tertiary/aromatic N) is 1. The fourth-order valence-corrected chi connectivity index (χ4v) is 2.36. The minimum absolute atomic E-state index is 0.244. The van der Waals surface area contributed by atoms with Crippen LogP contribution < -0.4 is 10.3 Å². The van der Waals surface area contributed by atoms with Crippen molar-refractivity contribution >= 4 is 17.6 Å². The van der Waals surface area contributed by atoms with Gasteiger partial charge in [0, 0.05) is 12.6 Å². The number of carbonyl (C=O) groups is 1. The van der Waals surface area contributed by atoms with E-state index in [-0.39, 0.29) is 17.5 Å². The molecule has 0 unspecified atom stereocenters. The topological polar surface area (TPSA) is 68.5 Å². The molecule has 6 heteroatoms. The van der Waals surface area contributed by atoms with Crippen LogP contribution in [0.1, 0.15) is 5.56 Å². The fourth-order valence-electron chi connectivity index (χ4n) is 2.10. The van der Waals surface area contributed by atoms with E-state index in [1.165, 1.54) is 17.7 Å². The summed E-state index contributed by atoms with van der Waals surface area (Å²) in [6, 6.07) is 8.44. The molecule has 0 bridgehead atoms. The molecule has 21 heavy (non-hydrogen) atoms. The van der Waals surface area contributed by atoms with Gasteiger partial charge >= 0.3 is 5.97 Å². The standard InChI is InChI=1S/C15H14ClNO4/c1-17-12(5-3-10(15(17)20)8-14(18)19)9-4-6-13(21-2)11(16)7-9/h3-7H,8H2,1-2H3,(H,18,19). The van der Waals surface area contributed by atoms with Crippen LogP contribution in [0.4, 0.5) is 0 Å². The first-order chi connectivity index (χ1) is 9.93. The van der Waals surface area contributed by atoms with Gasteiger partial charge in [-0.1, -0.05) is 17.7 Å². The largest absolute Gasteiger partial charge is 0.495 e. The number of pyridine rings is 1. The summed E-state index contributed by atoms with van der Waals surface area (Å²) in [5.41, 5.74) is 1.32. The summed E-state index contributed by atoms with van der Waals surface area (Å²) in [6.45, 7) is 0. The van der Waals surface area contributed by atoms with Crippen molar-refractivity contribution in [2.75, 3.05) is 7.11 Å². The molecule has 0 aliphatic rings. The van der Waals surface area contributed by atoms with Crippen molar-refractivity contribution in [3.05, 3.63) is 51.3 Å². The Morgan fingerprint density at radius 1 is 1.33 bits per heavy atom. The second kappa shape index (κ2) is 6.01. The number of benzene rings is 1. The maximum Gasteiger partial charge on any atom is 0.308 e. The van der Waals surface area contributed by atoms with E-state index in [1.807, 2.05) is 0 Å².